The number of methoxy groups -OCH3 is 3. The highest BCUT2D eigenvalue weighted by atomic mass is 16.5. The summed E-state index contributed by atoms with van der Waals surface area (Å²) in [6.45, 7) is 1.86. The zero-order valence-electron chi connectivity index (χ0n) is 18.8. The third-order valence-electron chi connectivity index (χ3n) is 5.29. The molecule has 0 aliphatic heterocycles. The molecule has 7 nitrogen and oxygen atoms in total. The van der Waals surface area contributed by atoms with E-state index >= 15 is 0 Å². The van der Waals surface area contributed by atoms with Gasteiger partial charge in [-0.3, -0.25) is 9.78 Å². The lowest BCUT2D eigenvalue weighted by Crippen LogP contribution is -2.08. The van der Waals surface area contributed by atoms with E-state index in [4.69, 9.17) is 18.6 Å². The topological polar surface area (TPSA) is 82.8 Å². The number of anilines is 1. The fraction of sp³-hybridized carbons (Fsp3) is 0.154. The van der Waals surface area contributed by atoms with Gasteiger partial charge >= 0.3 is 0 Å². The molecule has 33 heavy (non-hydrogen) atoms. The monoisotopic (exact) mass is 444 g/mol. The van der Waals surface area contributed by atoms with Gasteiger partial charge in [-0.2, -0.15) is 0 Å². The average Bonchev–Trinajstić information content (AvgIpc) is 3.25. The molecule has 1 N–H and O–H groups in total. The van der Waals surface area contributed by atoms with E-state index in [0.29, 0.717) is 28.5 Å². The Morgan fingerprint density at radius 3 is 2.52 bits per heavy atom. The van der Waals surface area contributed by atoms with Crippen LogP contribution in [-0.2, 0) is 4.79 Å². The normalized spacial score (nSPS) is 11.3. The lowest BCUT2D eigenvalue weighted by atomic mass is 9.98. The molecule has 0 unspecified atom stereocenters. The Labute approximate surface area is 191 Å². The quantitative estimate of drug-likeness (QED) is 0.376. The summed E-state index contributed by atoms with van der Waals surface area (Å²) < 4.78 is 22.4. The minimum atomic E-state index is -0.260. The van der Waals surface area contributed by atoms with Gasteiger partial charge in [0, 0.05) is 40.4 Å². The molecule has 0 aliphatic carbocycles. The molecule has 1 amide bonds. The molecule has 0 saturated heterocycles. The van der Waals surface area contributed by atoms with E-state index in [-0.39, 0.29) is 5.91 Å². The first-order chi connectivity index (χ1) is 16.0. The van der Waals surface area contributed by atoms with Gasteiger partial charge in [-0.15, -0.1) is 0 Å². The summed E-state index contributed by atoms with van der Waals surface area (Å²) in [4.78, 5) is 16.6. The molecule has 0 saturated carbocycles. The van der Waals surface area contributed by atoms with Crippen LogP contribution in [0, 0.1) is 0 Å². The Morgan fingerprint density at radius 1 is 1.00 bits per heavy atom. The first-order valence-electron chi connectivity index (χ1n) is 10.3. The van der Waals surface area contributed by atoms with Crippen LogP contribution in [0.2, 0.25) is 0 Å². The molecule has 0 aliphatic rings. The lowest BCUT2D eigenvalue weighted by molar-refractivity contribution is -0.111. The highest BCUT2D eigenvalue weighted by Gasteiger charge is 2.18. The SMILES string of the molecule is COc1ccc(OC)c(-c2coc3cc(OC)c(/C(C)=C/C(=O)Nc4cccnc4)cc23)c1. The van der Waals surface area contributed by atoms with Crippen molar-refractivity contribution < 1.29 is 23.4 Å². The first kappa shape index (κ1) is 22.0. The molecule has 0 radical (unpaired) electrons. The van der Waals surface area contributed by atoms with Crippen LogP contribution in [0.5, 0.6) is 17.2 Å². The van der Waals surface area contributed by atoms with Gasteiger partial charge in [0.25, 0.3) is 0 Å². The average molecular weight is 444 g/mol. The largest absolute Gasteiger partial charge is 0.497 e. The molecular weight excluding hydrogens is 420 g/mol. The number of furan rings is 1. The first-order valence-corrected chi connectivity index (χ1v) is 10.3. The number of nitrogens with one attached hydrogen (secondary N) is 1. The minimum Gasteiger partial charge on any atom is -0.497 e. The van der Waals surface area contributed by atoms with E-state index in [1.807, 2.05) is 37.3 Å². The van der Waals surface area contributed by atoms with Crippen molar-refractivity contribution in [3.05, 3.63) is 72.8 Å². The Hall–Kier alpha value is -4.26. The van der Waals surface area contributed by atoms with Gasteiger partial charge in [-0.1, -0.05) is 0 Å². The molecule has 2 heterocycles. The number of ether oxygens (including phenoxy) is 3. The fourth-order valence-corrected chi connectivity index (χ4v) is 3.65. The fourth-order valence-electron chi connectivity index (χ4n) is 3.65. The van der Waals surface area contributed by atoms with Crippen LogP contribution < -0.4 is 19.5 Å². The minimum absolute atomic E-state index is 0.260. The predicted octanol–water partition coefficient (Wildman–Crippen LogP) is 5.56. The Bertz CT molecular complexity index is 1330. The number of carbonyl (C=O) groups excluding carboxylic acids is 1. The van der Waals surface area contributed by atoms with Crippen LogP contribution in [0.1, 0.15) is 12.5 Å². The number of rotatable bonds is 7. The van der Waals surface area contributed by atoms with Crippen molar-refractivity contribution in [3.63, 3.8) is 0 Å². The number of allylic oxidation sites excluding steroid dienone is 1. The number of pyridine rings is 1. The van der Waals surface area contributed by atoms with Crippen molar-refractivity contribution in [2.24, 2.45) is 0 Å². The maximum Gasteiger partial charge on any atom is 0.248 e. The summed E-state index contributed by atoms with van der Waals surface area (Å²) in [7, 11) is 4.82. The Kier molecular flexibility index (Phi) is 6.31. The second-order valence-electron chi connectivity index (χ2n) is 7.32. The van der Waals surface area contributed by atoms with Crippen molar-refractivity contribution >= 4 is 28.1 Å². The van der Waals surface area contributed by atoms with Crippen LogP contribution in [-0.4, -0.2) is 32.2 Å². The van der Waals surface area contributed by atoms with E-state index in [9.17, 15) is 4.79 Å². The molecule has 2 aromatic heterocycles. The summed E-state index contributed by atoms with van der Waals surface area (Å²) in [5, 5.41) is 3.67. The van der Waals surface area contributed by atoms with E-state index in [2.05, 4.69) is 10.3 Å². The third-order valence-corrected chi connectivity index (χ3v) is 5.29. The molecule has 168 valence electrons. The predicted molar refractivity (Wildman–Crippen MR) is 128 cm³/mol. The van der Waals surface area contributed by atoms with Crippen LogP contribution in [0.15, 0.2) is 71.6 Å². The number of hydrogen-bond acceptors (Lipinski definition) is 6. The second kappa shape index (κ2) is 9.48. The highest BCUT2D eigenvalue weighted by molar-refractivity contribution is 6.05. The van der Waals surface area contributed by atoms with Gasteiger partial charge in [0.2, 0.25) is 5.91 Å². The molecule has 4 rings (SSSR count). The summed E-state index contributed by atoms with van der Waals surface area (Å²) in [5.41, 5.74) is 4.47. The van der Waals surface area contributed by atoms with Gasteiger partial charge in [0.1, 0.15) is 22.8 Å². The number of hydrogen-bond donors (Lipinski definition) is 1. The molecule has 0 spiro atoms. The second-order valence-corrected chi connectivity index (χ2v) is 7.32. The maximum absolute atomic E-state index is 12.5. The summed E-state index contributed by atoms with van der Waals surface area (Å²) in [5.74, 6) is 1.74. The maximum atomic E-state index is 12.5. The highest BCUT2D eigenvalue weighted by Crippen LogP contribution is 2.41. The Morgan fingerprint density at radius 2 is 1.82 bits per heavy atom. The zero-order chi connectivity index (χ0) is 23.4. The number of nitrogens with zero attached hydrogens (tertiary/aromatic N) is 1. The van der Waals surface area contributed by atoms with Gasteiger partial charge in [0.15, 0.2) is 0 Å². The molecule has 0 bridgehead atoms. The number of aromatic nitrogens is 1. The zero-order valence-corrected chi connectivity index (χ0v) is 18.8. The number of fused-ring (bicyclic) bond motifs is 1. The standard InChI is InChI=1S/C26H24N2O5/c1-16(10-26(29)28-17-6-5-9-27-14-17)19-12-21-22(15-33-25(21)13-24(19)32-4)20-11-18(30-2)7-8-23(20)31-3/h5-15H,1-4H3,(H,28,29)/b16-10+. The van der Waals surface area contributed by atoms with E-state index < -0.39 is 0 Å². The molecule has 0 fully saturated rings. The van der Waals surface area contributed by atoms with Crippen LogP contribution in [0.3, 0.4) is 0 Å². The van der Waals surface area contributed by atoms with Crippen molar-refractivity contribution in [1.82, 2.24) is 4.98 Å². The lowest BCUT2D eigenvalue weighted by Gasteiger charge is -2.12. The van der Waals surface area contributed by atoms with Crippen LogP contribution in [0.4, 0.5) is 5.69 Å². The summed E-state index contributed by atoms with van der Waals surface area (Å²) in [6, 6.07) is 12.9. The van der Waals surface area contributed by atoms with Crippen molar-refractivity contribution in [3.8, 4) is 28.4 Å². The van der Waals surface area contributed by atoms with E-state index in [1.165, 1.54) is 6.08 Å². The Balaban J connectivity index is 1.77. The van der Waals surface area contributed by atoms with Gasteiger partial charge < -0.3 is 23.9 Å². The van der Waals surface area contributed by atoms with Crippen LogP contribution >= 0.6 is 0 Å². The smallest absolute Gasteiger partial charge is 0.248 e. The van der Waals surface area contributed by atoms with Gasteiger partial charge in [-0.25, -0.2) is 0 Å². The van der Waals surface area contributed by atoms with Crippen LogP contribution in [0.25, 0.3) is 27.7 Å². The number of benzene rings is 2. The van der Waals surface area contributed by atoms with Crippen molar-refractivity contribution in [2.45, 2.75) is 6.92 Å². The molecule has 7 heteroatoms. The van der Waals surface area contributed by atoms with Crippen molar-refractivity contribution in [1.29, 1.82) is 0 Å². The number of carbonyl (C=O) groups is 1. The summed E-state index contributed by atoms with van der Waals surface area (Å²) in [6.07, 6.45) is 6.45. The van der Waals surface area contributed by atoms with Gasteiger partial charge in [-0.05, 0) is 48.9 Å². The molecule has 2 aromatic carbocycles. The van der Waals surface area contributed by atoms with E-state index in [0.717, 1.165) is 27.6 Å². The summed E-state index contributed by atoms with van der Waals surface area (Å²) >= 11 is 0. The molecule has 0 atom stereocenters. The van der Waals surface area contributed by atoms with Gasteiger partial charge in [0.05, 0.1) is 39.5 Å². The molecular formula is C26H24N2O5. The number of amides is 1. The van der Waals surface area contributed by atoms with Crippen molar-refractivity contribution in [2.75, 3.05) is 26.6 Å². The molecule has 4 aromatic rings. The van der Waals surface area contributed by atoms with E-state index in [1.54, 1.807) is 52.1 Å². The third kappa shape index (κ3) is 4.52.